The number of carbonyl (C=O) groups excluding carboxylic acids is 1. The second kappa shape index (κ2) is 8.45. The Balaban J connectivity index is 1.64. The summed E-state index contributed by atoms with van der Waals surface area (Å²) < 4.78 is 19.7. The number of amides is 1. The lowest BCUT2D eigenvalue weighted by Crippen LogP contribution is -2.42. The first kappa shape index (κ1) is 20.5. The fraction of sp³-hybridized carbons (Fsp3) is 0.273. The molecule has 1 heterocycles. The van der Waals surface area contributed by atoms with Gasteiger partial charge in [-0.3, -0.25) is 9.48 Å². The quantitative estimate of drug-likeness (QED) is 0.643. The minimum Gasteiger partial charge on any atom is -0.497 e. The van der Waals surface area contributed by atoms with Crippen LogP contribution in [0, 0.1) is 5.82 Å². The number of halogens is 1. The molecule has 29 heavy (non-hydrogen) atoms. The topological polar surface area (TPSA) is 76.4 Å². The molecule has 1 amide bonds. The number of aryl methyl sites for hydroxylation is 1. The Labute approximate surface area is 168 Å². The highest BCUT2D eigenvalue weighted by molar-refractivity contribution is 5.93. The van der Waals surface area contributed by atoms with Crippen LogP contribution in [0.4, 0.5) is 4.39 Å². The van der Waals surface area contributed by atoms with Gasteiger partial charge in [-0.05, 0) is 55.0 Å². The molecular formula is C22H24FN3O3. The molecule has 1 aromatic heterocycles. The molecule has 0 aliphatic carbocycles. The molecule has 0 radical (unpaired) electrons. The molecule has 7 heteroatoms. The standard InChI is InChI=1S/C22H24FN3O3/c1-22(28,13-15-4-10-18(29-3)11-5-15)14-24-21(27)20-12-19(25-26(20)2)16-6-8-17(23)9-7-16/h4-12,28H,13-14H2,1-3H3,(H,24,27)/t22-/m0/s1. The molecule has 1 atom stereocenters. The van der Waals surface area contributed by atoms with Crippen molar-refractivity contribution in [1.82, 2.24) is 15.1 Å². The van der Waals surface area contributed by atoms with Gasteiger partial charge in [-0.2, -0.15) is 5.10 Å². The van der Waals surface area contributed by atoms with Gasteiger partial charge >= 0.3 is 0 Å². The Morgan fingerprint density at radius 1 is 1.21 bits per heavy atom. The van der Waals surface area contributed by atoms with Crippen LogP contribution >= 0.6 is 0 Å². The number of benzene rings is 2. The van der Waals surface area contributed by atoms with Crippen molar-refractivity contribution >= 4 is 5.91 Å². The molecule has 6 nitrogen and oxygen atoms in total. The number of hydrogen-bond donors (Lipinski definition) is 2. The maximum Gasteiger partial charge on any atom is 0.269 e. The van der Waals surface area contributed by atoms with Crippen LogP contribution in [0.5, 0.6) is 5.75 Å². The predicted octanol–water partition coefficient (Wildman–Crippen LogP) is 2.96. The van der Waals surface area contributed by atoms with E-state index >= 15 is 0 Å². The number of rotatable bonds is 7. The fourth-order valence-electron chi connectivity index (χ4n) is 3.05. The van der Waals surface area contributed by atoms with Gasteiger partial charge in [0.25, 0.3) is 5.91 Å². The van der Waals surface area contributed by atoms with Crippen LogP contribution in [-0.4, -0.2) is 40.0 Å². The number of ether oxygens (including phenoxy) is 1. The zero-order valence-corrected chi connectivity index (χ0v) is 16.6. The molecule has 152 valence electrons. The molecule has 0 unspecified atom stereocenters. The number of hydrogen-bond acceptors (Lipinski definition) is 4. The van der Waals surface area contributed by atoms with Crippen molar-refractivity contribution < 1.29 is 19.0 Å². The van der Waals surface area contributed by atoms with E-state index in [9.17, 15) is 14.3 Å². The molecule has 0 saturated heterocycles. The Bertz CT molecular complexity index is 980. The maximum absolute atomic E-state index is 13.1. The number of carbonyl (C=O) groups is 1. The van der Waals surface area contributed by atoms with Gasteiger partial charge in [0.1, 0.15) is 17.3 Å². The highest BCUT2D eigenvalue weighted by atomic mass is 19.1. The van der Waals surface area contributed by atoms with Crippen molar-refractivity contribution in [3.05, 3.63) is 71.7 Å². The first-order chi connectivity index (χ1) is 13.8. The zero-order chi connectivity index (χ0) is 21.0. The molecular weight excluding hydrogens is 373 g/mol. The second-order valence-electron chi connectivity index (χ2n) is 7.25. The molecule has 3 aromatic rings. The summed E-state index contributed by atoms with van der Waals surface area (Å²) in [4.78, 5) is 12.6. The van der Waals surface area contributed by atoms with Gasteiger partial charge in [-0.25, -0.2) is 4.39 Å². The summed E-state index contributed by atoms with van der Waals surface area (Å²) in [5.41, 5.74) is 1.45. The van der Waals surface area contributed by atoms with Gasteiger partial charge in [0.15, 0.2) is 0 Å². The minimum atomic E-state index is -1.12. The van der Waals surface area contributed by atoms with E-state index in [1.54, 1.807) is 39.3 Å². The van der Waals surface area contributed by atoms with Crippen LogP contribution < -0.4 is 10.1 Å². The van der Waals surface area contributed by atoms with E-state index in [0.29, 0.717) is 23.4 Å². The van der Waals surface area contributed by atoms with Gasteiger partial charge in [0.2, 0.25) is 0 Å². The third-order valence-corrected chi connectivity index (χ3v) is 4.63. The second-order valence-corrected chi connectivity index (χ2v) is 7.25. The van der Waals surface area contributed by atoms with Crippen LogP contribution in [0.25, 0.3) is 11.3 Å². The molecule has 0 spiro atoms. The van der Waals surface area contributed by atoms with E-state index in [2.05, 4.69) is 10.4 Å². The third-order valence-electron chi connectivity index (χ3n) is 4.63. The molecule has 0 aliphatic heterocycles. The summed E-state index contributed by atoms with van der Waals surface area (Å²) in [6.07, 6.45) is 0.378. The molecule has 0 fully saturated rings. The highest BCUT2D eigenvalue weighted by Crippen LogP contribution is 2.20. The highest BCUT2D eigenvalue weighted by Gasteiger charge is 2.23. The summed E-state index contributed by atoms with van der Waals surface area (Å²) in [6, 6.07) is 15.0. The zero-order valence-electron chi connectivity index (χ0n) is 16.6. The molecule has 2 aromatic carbocycles. The summed E-state index contributed by atoms with van der Waals surface area (Å²) in [5.74, 6) is 0.0694. The van der Waals surface area contributed by atoms with E-state index in [0.717, 1.165) is 11.3 Å². The minimum absolute atomic E-state index is 0.0783. The van der Waals surface area contributed by atoms with Crippen LogP contribution in [-0.2, 0) is 13.5 Å². The van der Waals surface area contributed by atoms with Crippen molar-refractivity contribution in [1.29, 1.82) is 0 Å². The molecule has 2 N–H and O–H groups in total. The monoisotopic (exact) mass is 397 g/mol. The van der Waals surface area contributed by atoms with Crippen LogP contribution in [0.3, 0.4) is 0 Å². The summed E-state index contributed by atoms with van der Waals surface area (Å²) in [5, 5.41) is 17.7. The summed E-state index contributed by atoms with van der Waals surface area (Å²) >= 11 is 0. The first-order valence-electron chi connectivity index (χ1n) is 9.21. The lowest BCUT2D eigenvalue weighted by molar-refractivity contribution is 0.0550. The average Bonchev–Trinajstić information content (AvgIpc) is 3.09. The number of aliphatic hydroxyl groups is 1. The van der Waals surface area contributed by atoms with Gasteiger partial charge in [-0.15, -0.1) is 0 Å². The van der Waals surface area contributed by atoms with Gasteiger partial charge in [0.05, 0.1) is 18.4 Å². The Kier molecular flexibility index (Phi) is 5.98. The van der Waals surface area contributed by atoms with Gasteiger partial charge < -0.3 is 15.2 Å². The molecule has 0 saturated carbocycles. The lowest BCUT2D eigenvalue weighted by Gasteiger charge is -2.24. The fourth-order valence-corrected chi connectivity index (χ4v) is 3.05. The van der Waals surface area contributed by atoms with E-state index in [-0.39, 0.29) is 18.3 Å². The first-order valence-corrected chi connectivity index (χ1v) is 9.21. The maximum atomic E-state index is 13.1. The lowest BCUT2D eigenvalue weighted by atomic mass is 9.96. The van der Waals surface area contributed by atoms with Crippen molar-refractivity contribution in [2.24, 2.45) is 7.05 Å². The molecule has 0 aliphatic rings. The van der Waals surface area contributed by atoms with Crippen LogP contribution in [0.2, 0.25) is 0 Å². The van der Waals surface area contributed by atoms with Crippen molar-refractivity contribution in [2.45, 2.75) is 18.9 Å². The van der Waals surface area contributed by atoms with E-state index in [1.165, 1.54) is 16.8 Å². The largest absolute Gasteiger partial charge is 0.497 e. The predicted molar refractivity (Wildman–Crippen MR) is 108 cm³/mol. The van der Waals surface area contributed by atoms with E-state index in [4.69, 9.17) is 4.74 Å². The summed E-state index contributed by atoms with van der Waals surface area (Å²) in [7, 11) is 3.26. The Hall–Kier alpha value is -3.19. The molecule has 3 rings (SSSR count). The normalized spacial score (nSPS) is 13.0. The smallest absolute Gasteiger partial charge is 0.269 e. The van der Waals surface area contributed by atoms with Crippen LogP contribution in [0.15, 0.2) is 54.6 Å². The van der Waals surface area contributed by atoms with E-state index < -0.39 is 5.60 Å². The molecule has 0 bridgehead atoms. The average molecular weight is 397 g/mol. The number of aromatic nitrogens is 2. The number of nitrogens with zero attached hydrogens (tertiary/aromatic N) is 2. The van der Waals surface area contributed by atoms with E-state index in [1.807, 2.05) is 24.3 Å². The van der Waals surface area contributed by atoms with Gasteiger partial charge in [0, 0.05) is 25.6 Å². The van der Waals surface area contributed by atoms with Crippen LogP contribution in [0.1, 0.15) is 23.0 Å². The number of nitrogens with one attached hydrogen (secondary N) is 1. The number of methoxy groups -OCH3 is 1. The van der Waals surface area contributed by atoms with Gasteiger partial charge in [-0.1, -0.05) is 12.1 Å². The third kappa shape index (κ3) is 5.20. The Morgan fingerprint density at radius 2 is 1.86 bits per heavy atom. The SMILES string of the molecule is COc1ccc(C[C@](C)(O)CNC(=O)c2cc(-c3ccc(F)cc3)nn2C)cc1. The summed E-state index contributed by atoms with van der Waals surface area (Å²) in [6.45, 7) is 1.75. The van der Waals surface area contributed by atoms with Crippen molar-refractivity contribution in [2.75, 3.05) is 13.7 Å². The Morgan fingerprint density at radius 3 is 2.48 bits per heavy atom. The van der Waals surface area contributed by atoms with Crippen molar-refractivity contribution in [3.63, 3.8) is 0 Å². The van der Waals surface area contributed by atoms with Crippen molar-refractivity contribution in [3.8, 4) is 17.0 Å².